The van der Waals surface area contributed by atoms with Crippen LogP contribution in [-0.2, 0) is 0 Å². The van der Waals surface area contributed by atoms with Gasteiger partial charge >= 0.3 is 0 Å². The molecular formula is C6H8BrN3S2. The van der Waals surface area contributed by atoms with Crippen molar-refractivity contribution in [3.05, 3.63) is 3.92 Å². The number of nitrogens with one attached hydrogen (secondary N) is 1. The van der Waals surface area contributed by atoms with Gasteiger partial charge in [-0.2, -0.15) is 11.8 Å². The molecule has 66 valence electrons. The Morgan fingerprint density at radius 1 is 1.50 bits per heavy atom. The van der Waals surface area contributed by atoms with Gasteiger partial charge in [0.05, 0.1) is 0 Å². The summed E-state index contributed by atoms with van der Waals surface area (Å²) in [6.45, 7) is 0. The molecule has 0 aromatic carbocycles. The molecule has 0 bridgehead atoms. The standard InChI is InChI=1S/C6H8BrN3S2/c7-5-9-10-6(12-5)8-4-1-2-11-3-4/h4H,1-3H2,(H,8,10). The van der Waals surface area contributed by atoms with Crippen molar-refractivity contribution in [1.82, 2.24) is 10.2 Å². The Kier molecular flexibility index (Phi) is 2.87. The number of nitrogens with zero attached hydrogens (tertiary/aromatic N) is 2. The summed E-state index contributed by atoms with van der Waals surface area (Å²) in [5.74, 6) is 2.45. The Labute approximate surface area is 87.5 Å². The topological polar surface area (TPSA) is 37.8 Å². The van der Waals surface area contributed by atoms with Crippen molar-refractivity contribution in [2.75, 3.05) is 16.8 Å². The molecule has 0 saturated carbocycles. The van der Waals surface area contributed by atoms with Crippen LogP contribution in [0.1, 0.15) is 6.42 Å². The summed E-state index contributed by atoms with van der Waals surface area (Å²) >= 11 is 6.82. The maximum absolute atomic E-state index is 3.98. The van der Waals surface area contributed by atoms with Crippen molar-refractivity contribution in [3.63, 3.8) is 0 Å². The van der Waals surface area contributed by atoms with Crippen molar-refractivity contribution in [1.29, 1.82) is 0 Å². The molecule has 1 aliphatic rings. The molecule has 1 N–H and O–H groups in total. The molecule has 1 saturated heterocycles. The van der Waals surface area contributed by atoms with E-state index in [1.807, 2.05) is 11.8 Å². The van der Waals surface area contributed by atoms with Gasteiger partial charge in [0, 0.05) is 11.8 Å². The van der Waals surface area contributed by atoms with E-state index in [9.17, 15) is 0 Å². The van der Waals surface area contributed by atoms with Gasteiger partial charge in [-0.15, -0.1) is 10.2 Å². The van der Waals surface area contributed by atoms with E-state index < -0.39 is 0 Å². The molecule has 0 amide bonds. The van der Waals surface area contributed by atoms with Crippen LogP contribution >= 0.6 is 39.0 Å². The number of anilines is 1. The van der Waals surface area contributed by atoms with E-state index in [1.165, 1.54) is 17.9 Å². The molecule has 2 rings (SSSR count). The first-order valence-corrected chi connectivity index (χ1v) is 6.44. The Balaban J connectivity index is 1.94. The maximum Gasteiger partial charge on any atom is 0.206 e. The maximum atomic E-state index is 3.98. The highest BCUT2D eigenvalue weighted by Gasteiger charge is 2.16. The summed E-state index contributed by atoms with van der Waals surface area (Å²) in [6.07, 6.45) is 1.24. The lowest BCUT2D eigenvalue weighted by Gasteiger charge is -2.07. The summed E-state index contributed by atoms with van der Waals surface area (Å²) in [6, 6.07) is 0.592. The SMILES string of the molecule is Brc1nnc(NC2CCSC2)s1. The second-order valence-corrected chi connectivity index (χ2v) is 5.97. The van der Waals surface area contributed by atoms with Gasteiger partial charge in [-0.25, -0.2) is 0 Å². The minimum absolute atomic E-state index is 0.592. The zero-order valence-corrected chi connectivity index (χ0v) is 9.51. The first-order valence-electron chi connectivity index (χ1n) is 3.68. The van der Waals surface area contributed by atoms with Gasteiger partial charge in [-0.3, -0.25) is 0 Å². The first kappa shape index (κ1) is 8.77. The summed E-state index contributed by atoms with van der Waals surface area (Å²) in [5, 5.41) is 12.1. The molecule has 6 heteroatoms. The summed E-state index contributed by atoms with van der Waals surface area (Å²) in [4.78, 5) is 0. The van der Waals surface area contributed by atoms with E-state index in [2.05, 4.69) is 31.4 Å². The monoisotopic (exact) mass is 265 g/mol. The normalized spacial score (nSPS) is 22.9. The largest absolute Gasteiger partial charge is 0.356 e. The minimum atomic E-state index is 0.592. The van der Waals surface area contributed by atoms with Crippen LogP contribution < -0.4 is 5.32 Å². The molecule has 1 aromatic heterocycles. The van der Waals surface area contributed by atoms with Gasteiger partial charge in [0.25, 0.3) is 0 Å². The third kappa shape index (κ3) is 2.11. The molecule has 3 nitrogen and oxygen atoms in total. The fraction of sp³-hybridized carbons (Fsp3) is 0.667. The number of rotatable bonds is 2. The molecule has 1 unspecified atom stereocenters. The second-order valence-electron chi connectivity index (χ2n) is 2.57. The van der Waals surface area contributed by atoms with Gasteiger partial charge in [0.15, 0.2) is 3.92 Å². The molecule has 12 heavy (non-hydrogen) atoms. The highest BCUT2D eigenvalue weighted by atomic mass is 79.9. The van der Waals surface area contributed by atoms with Crippen molar-refractivity contribution >= 4 is 44.2 Å². The van der Waals surface area contributed by atoms with E-state index in [0.717, 1.165) is 9.05 Å². The zero-order chi connectivity index (χ0) is 8.39. The van der Waals surface area contributed by atoms with Gasteiger partial charge < -0.3 is 5.32 Å². The van der Waals surface area contributed by atoms with Crippen LogP contribution in [0, 0.1) is 0 Å². The molecular weight excluding hydrogens is 258 g/mol. The van der Waals surface area contributed by atoms with Crippen molar-refractivity contribution in [2.24, 2.45) is 0 Å². The predicted octanol–water partition coefficient (Wildman–Crippen LogP) is 2.22. The highest BCUT2D eigenvalue weighted by Crippen LogP contribution is 2.25. The third-order valence-electron chi connectivity index (χ3n) is 1.66. The quantitative estimate of drug-likeness (QED) is 0.890. The third-order valence-corrected chi connectivity index (χ3v) is 4.11. The van der Waals surface area contributed by atoms with Gasteiger partial charge in [-0.05, 0) is 28.1 Å². The van der Waals surface area contributed by atoms with E-state index in [-0.39, 0.29) is 0 Å². The Morgan fingerprint density at radius 3 is 3.00 bits per heavy atom. The summed E-state index contributed by atoms with van der Waals surface area (Å²) < 4.78 is 0.843. The van der Waals surface area contributed by atoms with E-state index >= 15 is 0 Å². The molecule has 1 atom stereocenters. The Morgan fingerprint density at radius 2 is 2.42 bits per heavy atom. The fourth-order valence-corrected chi connectivity index (χ4v) is 3.33. The second kappa shape index (κ2) is 3.93. The molecule has 0 spiro atoms. The van der Waals surface area contributed by atoms with Crippen LogP contribution in [-0.4, -0.2) is 27.7 Å². The Hall–Kier alpha value is 0.190. The fourth-order valence-electron chi connectivity index (χ4n) is 1.09. The van der Waals surface area contributed by atoms with E-state index in [4.69, 9.17) is 0 Å². The van der Waals surface area contributed by atoms with Crippen LogP contribution in [0.2, 0.25) is 0 Å². The lowest BCUT2D eigenvalue weighted by atomic mass is 10.3. The van der Waals surface area contributed by atoms with Crippen LogP contribution in [0.3, 0.4) is 0 Å². The summed E-state index contributed by atoms with van der Waals surface area (Å²) in [7, 11) is 0. The number of thioether (sulfide) groups is 1. The lowest BCUT2D eigenvalue weighted by molar-refractivity contribution is 0.807. The van der Waals surface area contributed by atoms with Crippen LogP contribution in [0.25, 0.3) is 0 Å². The predicted molar refractivity (Wildman–Crippen MR) is 57.0 cm³/mol. The average molecular weight is 266 g/mol. The smallest absolute Gasteiger partial charge is 0.206 e. The molecule has 0 aliphatic carbocycles. The van der Waals surface area contributed by atoms with Crippen molar-refractivity contribution in [3.8, 4) is 0 Å². The highest BCUT2D eigenvalue weighted by molar-refractivity contribution is 9.11. The minimum Gasteiger partial charge on any atom is -0.356 e. The number of hydrogen-bond acceptors (Lipinski definition) is 5. The Bertz CT molecular complexity index is 259. The number of halogens is 1. The molecule has 1 aromatic rings. The van der Waals surface area contributed by atoms with E-state index in [1.54, 1.807) is 11.3 Å². The first-order chi connectivity index (χ1) is 5.84. The van der Waals surface area contributed by atoms with Crippen LogP contribution in [0.5, 0.6) is 0 Å². The number of aromatic nitrogens is 2. The van der Waals surface area contributed by atoms with Gasteiger partial charge in [0.2, 0.25) is 5.13 Å². The molecule has 1 fully saturated rings. The number of hydrogen-bond donors (Lipinski definition) is 1. The van der Waals surface area contributed by atoms with Crippen molar-refractivity contribution in [2.45, 2.75) is 12.5 Å². The summed E-state index contributed by atoms with van der Waals surface area (Å²) in [5.41, 5.74) is 0. The van der Waals surface area contributed by atoms with Gasteiger partial charge in [-0.1, -0.05) is 11.3 Å². The van der Waals surface area contributed by atoms with E-state index in [0.29, 0.717) is 6.04 Å². The molecule has 1 aliphatic heterocycles. The molecule has 2 heterocycles. The zero-order valence-electron chi connectivity index (χ0n) is 6.29. The van der Waals surface area contributed by atoms with Crippen LogP contribution in [0.4, 0.5) is 5.13 Å². The van der Waals surface area contributed by atoms with Crippen molar-refractivity contribution < 1.29 is 0 Å². The average Bonchev–Trinajstić information content (AvgIpc) is 2.63. The van der Waals surface area contributed by atoms with Crippen LogP contribution in [0.15, 0.2) is 3.92 Å². The van der Waals surface area contributed by atoms with Gasteiger partial charge in [0.1, 0.15) is 0 Å². The molecule has 0 radical (unpaired) electrons. The lowest BCUT2D eigenvalue weighted by Crippen LogP contribution is -2.17.